The van der Waals surface area contributed by atoms with Crippen LogP contribution in [-0.4, -0.2) is 21.5 Å². The zero-order chi connectivity index (χ0) is 11.3. The smallest absolute Gasteiger partial charge is 0.240 e. The van der Waals surface area contributed by atoms with Crippen molar-refractivity contribution in [3.8, 4) is 0 Å². The molecule has 4 nitrogen and oxygen atoms in total. The predicted octanol–water partition coefficient (Wildman–Crippen LogP) is 0.967. The second-order valence-corrected chi connectivity index (χ2v) is 5.20. The minimum Gasteiger partial charge on any atom is -0.330 e. The second kappa shape index (κ2) is 5.46. The Labute approximate surface area is 94.5 Å². The summed E-state index contributed by atoms with van der Waals surface area (Å²) in [6.45, 7) is 0.795. The van der Waals surface area contributed by atoms with Crippen LogP contribution in [0.4, 0.5) is 0 Å². The number of benzene rings is 1. The van der Waals surface area contributed by atoms with Crippen molar-refractivity contribution in [1.82, 2.24) is 4.72 Å². The molecule has 0 heterocycles. The molecule has 0 radical (unpaired) electrons. The van der Waals surface area contributed by atoms with E-state index in [-0.39, 0.29) is 4.90 Å². The van der Waals surface area contributed by atoms with Gasteiger partial charge in [-0.1, -0.05) is 17.7 Å². The first kappa shape index (κ1) is 12.4. The minimum atomic E-state index is -3.45. The Morgan fingerprint density at radius 3 is 2.73 bits per heavy atom. The number of nitrogens with one attached hydrogen (secondary N) is 1. The molecule has 0 aromatic heterocycles. The molecule has 0 bridgehead atoms. The number of hydrogen-bond donors (Lipinski definition) is 2. The topological polar surface area (TPSA) is 72.2 Å². The van der Waals surface area contributed by atoms with Crippen LogP contribution >= 0.6 is 11.6 Å². The summed E-state index contributed by atoms with van der Waals surface area (Å²) in [4.78, 5) is 0.173. The molecule has 0 aliphatic rings. The van der Waals surface area contributed by atoms with Gasteiger partial charge in [0, 0.05) is 11.6 Å². The number of halogens is 1. The molecule has 1 aromatic rings. The molecule has 0 saturated carbocycles. The van der Waals surface area contributed by atoms with E-state index in [4.69, 9.17) is 17.3 Å². The molecule has 6 heteroatoms. The maximum Gasteiger partial charge on any atom is 0.240 e. The average Bonchev–Trinajstić information content (AvgIpc) is 2.18. The summed E-state index contributed by atoms with van der Waals surface area (Å²) in [5.41, 5.74) is 5.26. The molecule has 0 saturated heterocycles. The Kier molecular flexibility index (Phi) is 4.53. The van der Waals surface area contributed by atoms with Gasteiger partial charge in [-0.3, -0.25) is 0 Å². The molecule has 1 rings (SSSR count). The molecule has 0 spiro atoms. The van der Waals surface area contributed by atoms with Crippen LogP contribution in [0.3, 0.4) is 0 Å². The fourth-order valence-corrected chi connectivity index (χ4v) is 2.40. The standard InChI is InChI=1S/C9H13ClN2O2S/c10-8-3-1-4-9(7-8)15(13,14)12-6-2-5-11/h1,3-4,7,12H,2,5-6,11H2. The summed E-state index contributed by atoms with van der Waals surface area (Å²) in [7, 11) is -3.45. The van der Waals surface area contributed by atoms with E-state index in [9.17, 15) is 8.42 Å². The third-order valence-corrected chi connectivity index (χ3v) is 3.47. The molecule has 0 fully saturated rings. The van der Waals surface area contributed by atoms with E-state index in [1.165, 1.54) is 12.1 Å². The van der Waals surface area contributed by atoms with Gasteiger partial charge in [0.2, 0.25) is 10.0 Å². The molecule has 0 atom stereocenters. The van der Waals surface area contributed by atoms with E-state index in [1.54, 1.807) is 12.1 Å². The van der Waals surface area contributed by atoms with E-state index in [2.05, 4.69) is 4.72 Å². The summed E-state index contributed by atoms with van der Waals surface area (Å²) in [6, 6.07) is 6.13. The van der Waals surface area contributed by atoms with Crippen molar-refractivity contribution in [3.05, 3.63) is 29.3 Å². The van der Waals surface area contributed by atoms with Gasteiger partial charge in [-0.2, -0.15) is 0 Å². The van der Waals surface area contributed by atoms with Crippen molar-refractivity contribution in [3.63, 3.8) is 0 Å². The lowest BCUT2D eigenvalue weighted by Gasteiger charge is -2.05. The second-order valence-electron chi connectivity index (χ2n) is 3.00. The first-order chi connectivity index (χ1) is 7.06. The van der Waals surface area contributed by atoms with Crippen LogP contribution in [0.1, 0.15) is 6.42 Å². The summed E-state index contributed by atoms with van der Waals surface area (Å²) < 4.78 is 25.7. The maximum absolute atomic E-state index is 11.6. The van der Waals surface area contributed by atoms with Crippen LogP contribution in [0.15, 0.2) is 29.2 Å². The molecule has 3 N–H and O–H groups in total. The SMILES string of the molecule is NCCCNS(=O)(=O)c1cccc(Cl)c1. The molecule has 0 aliphatic heterocycles. The lowest BCUT2D eigenvalue weighted by atomic mass is 10.4. The molecule has 0 aliphatic carbocycles. The van der Waals surface area contributed by atoms with Gasteiger partial charge in [0.05, 0.1) is 4.90 Å². The van der Waals surface area contributed by atoms with E-state index < -0.39 is 10.0 Å². The van der Waals surface area contributed by atoms with Crippen molar-refractivity contribution < 1.29 is 8.42 Å². The van der Waals surface area contributed by atoms with Gasteiger partial charge in [0.15, 0.2) is 0 Å². The fraction of sp³-hybridized carbons (Fsp3) is 0.333. The van der Waals surface area contributed by atoms with Crippen molar-refractivity contribution in [1.29, 1.82) is 0 Å². The number of hydrogen-bond acceptors (Lipinski definition) is 3. The van der Waals surface area contributed by atoms with Crippen LogP contribution in [0.2, 0.25) is 5.02 Å². The zero-order valence-corrected chi connectivity index (χ0v) is 9.68. The number of sulfonamides is 1. The normalized spacial score (nSPS) is 11.6. The van der Waals surface area contributed by atoms with Gasteiger partial charge in [0.25, 0.3) is 0 Å². The first-order valence-corrected chi connectivity index (χ1v) is 6.37. The van der Waals surface area contributed by atoms with E-state index in [0.29, 0.717) is 24.5 Å². The highest BCUT2D eigenvalue weighted by Crippen LogP contribution is 2.14. The Balaban J connectivity index is 2.77. The quantitative estimate of drug-likeness (QED) is 0.763. The third-order valence-electron chi connectivity index (χ3n) is 1.78. The fourth-order valence-electron chi connectivity index (χ4n) is 1.03. The lowest BCUT2D eigenvalue weighted by molar-refractivity contribution is 0.579. The highest BCUT2D eigenvalue weighted by Gasteiger charge is 2.12. The maximum atomic E-state index is 11.6. The number of rotatable bonds is 5. The average molecular weight is 249 g/mol. The molecular weight excluding hydrogens is 236 g/mol. The number of nitrogens with two attached hydrogens (primary N) is 1. The van der Waals surface area contributed by atoms with Crippen molar-refractivity contribution in [2.45, 2.75) is 11.3 Å². The molecule has 84 valence electrons. The van der Waals surface area contributed by atoms with Crippen LogP contribution in [0.5, 0.6) is 0 Å². The largest absolute Gasteiger partial charge is 0.330 e. The van der Waals surface area contributed by atoms with Crippen molar-refractivity contribution >= 4 is 21.6 Å². The van der Waals surface area contributed by atoms with Crippen LogP contribution in [-0.2, 0) is 10.0 Å². The van der Waals surface area contributed by atoms with Gasteiger partial charge in [-0.25, -0.2) is 13.1 Å². The Morgan fingerprint density at radius 1 is 1.40 bits per heavy atom. The lowest BCUT2D eigenvalue weighted by Crippen LogP contribution is -2.26. The van der Waals surface area contributed by atoms with Gasteiger partial charge >= 0.3 is 0 Å². The summed E-state index contributed by atoms with van der Waals surface area (Å²) in [6.07, 6.45) is 0.611. The Bertz CT molecular complexity index is 420. The Hall–Kier alpha value is -0.620. The predicted molar refractivity (Wildman–Crippen MR) is 60.3 cm³/mol. The van der Waals surface area contributed by atoms with Crippen LogP contribution in [0, 0.1) is 0 Å². The summed E-state index contributed by atoms with van der Waals surface area (Å²) >= 11 is 5.70. The summed E-state index contributed by atoms with van der Waals surface area (Å²) in [5, 5.41) is 0.400. The molecule has 0 unspecified atom stereocenters. The van der Waals surface area contributed by atoms with Gasteiger partial charge in [-0.05, 0) is 31.2 Å². The third kappa shape index (κ3) is 3.79. The van der Waals surface area contributed by atoms with E-state index in [0.717, 1.165) is 0 Å². The molecule has 1 aromatic carbocycles. The minimum absolute atomic E-state index is 0.173. The van der Waals surface area contributed by atoms with Crippen molar-refractivity contribution in [2.24, 2.45) is 5.73 Å². The molecule has 0 amide bonds. The van der Waals surface area contributed by atoms with Crippen LogP contribution in [0.25, 0.3) is 0 Å². The van der Waals surface area contributed by atoms with Crippen molar-refractivity contribution in [2.75, 3.05) is 13.1 Å². The van der Waals surface area contributed by atoms with Gasteiger partial charge in [-0.15, -0.1) is 0 Å². The Morgan fingerprint density at radius 2 is 2.13 bits per heavy atom. The van der Waals surface area contributed by atoms with Crippen LogP contribution < -0.4 is 10.5 Å². The van der Waals surface area contributed by atoms with Gasteiger partial charge < -0.3 is 5.73 Å². The molecule has 15 heavy (non-hydrogen) atoms. The van der Waals surface area contributed by atoms with Gasteiger partial charge in [0.1, 0.15) is 0 Å². The molecular formula is C9H13ClN2O2S. The highest BCUT2D eigenvalue weighted by molar-refractivity contribution is 7.89. The van der Waals surface area contributed by atoms with E-state index >= 15 is 0 Å². The first-order valence-electron chi connectivity index (χ1n) is 4.51. The monoisotopic (exact) mass is 248 g/mol. The van der Waals surface area contributed by atoms with E-state index in [1.807, 2.05) is 0 Å². The zero-order valence-electron chi connectivity index (χ0n) is 8.11. The summed E-state index contributed by atoms with van der Waals surface area (Å²) in [5.74, 6) is 0. The highest BCUT2D eigenvalue weighted by atomic mass is 35.5.